The molecule has 0 aliphatic rings. The molecule has 184 valence electrons. The van der Waals surface area contributed by atoms with Gasteiger partial charge < -0.3 is 0 Å². The molecule has 0 spiro atoms. The lowest BCUT2D eigenvalue weighted by atomic mass is 10.1. The van der Waals surface area contributed by atoms with Crippen molar-refractivity contribution in [1.29, 1.82) is 0 Å². The third-order valence-corrected chi connectivity index (χ3v) is 6.40. The number of halogens is 2. The van der Waals surface area contributed by atoms with Gasteiger partial charge in [0.05, 0.1) is 28.6 Å². The zero-order valence-corrected chi connectivity index (χ0v) is 21.5. The van der Waals surface area contributed by atoms with E-state index in [4.69, 9.17) is 38.3 Å². The number of nitrogens with one attached hydrogen (secondary N) is 1. The van der Waals surface area contributed by atoms with Crippen molar-refractivity contribution in [3.05, 3.63) is 125 Å². The fraction of sp³-hybridized carbons (Fsp3) is 0. The van der Waals surface area contributed by atoms with Gasteiger partial charge >= 0.3 is 0 Å². The van der Waals surface area contributed by atoms with Crippen molar-refractivity contribution in [2.45, 2.75) is 0 Å². The predicted octanol–water partition coefficient (Wildman–Crippen LogP) is 7.90. The van der Waals surface area contributed by atoms with Gasteiger partial charge in [-0.05, 0) is 42.0 Å². The summed E-state index contributed by atoms with van der Waals surface area (Å²) in [6.07, 6.45) is 1.69. The molecule has 0 aliphatic carbocycles. The Labute approximate surface area is 229 Å². The van der Waals surface area contributed by atoms with Crippen molar-refractivity contribution in [1.82, 2.24) is 19.7 Å². The van der Waals surface area contributed by atoms with Crippen LogP contribution in [0.2, 0.25) is 10.0 Å². The van der Waals surface area contributed by atoms with Gasteiger partial charge in [0.25, 0.3) is 0 Å². The molecule has 38 heavy (non-hydrogen) atoms. The Kier molecular flexibility index (Phi) is 6.56. The van der Waals surface area contributed by atoms with E-state index in [-0.39, 0.29) is 0 Å². The highest BCUT2D eigenvalue weighted by molar-refractivity contribution is 6.31. The topological polar surface area (TPSA) is 68.0 Å². The first-order valence-electron chi connectivity index (χ1n) is 11.9. The molecule has 6 aromatic rings. The first-order chi connectivity index (χ1) is 18.6. The van der Waals surface area contributed by atoms with E-state index in [1.807, 2.05) is 91.0 Å². The van der Waals surface area contributed by atoms with Gasteiger partial charge in [-0.1, -0.05) is 96.0 Å². The fourth-order valence-corrected chi connectivity index (χ4v) is 4.36. The number of nitrogens with zero attached hydrogens (tertiary/aromatic N) is 5. The standard InChI is InChI=1S/C30H20Cl2N6/c31-23-13-11-20(12-14-23)19-33-36-29-30(35-25-16-15-24(32)17-27(25)34-29)38-28(22-9-5-2-6-10-22)18-26(37-38)21-7-3-1-4-8-21/h1-19H,(H,34,36)/b33-19-. The van der Waals surface area contributed by atoms with Crippen LogP contribution in [-0.4, -0.2) is 26.0 Å². The average molecular weight is 535 g/mol. The second kappa shape index (κ2) is 10.5. The van der Waals surface area contributed by atoms with Crippen LogP contribution in [0.1, 0.15) is 5.56 Å². The van der Waals surface area contributed by atoms with Crippen LogP contribution in [0.25, 0.3) is 39.4 Å². The number of aromatic nitrogens is 4. The SMILES string of the molecule is Clc1ccc(/C=N\Nc2nc3cc(Cl)ccc3nc2-n2nc(-c3ccccc3)cc2-c2ccccc2)cc1. The van der Waals surface area contributed by atoms with Crippen LogP contribution in [0, 0.1) is 0 Å². The Morgan fingerprint density at radius 1 is 0.684 bits per heavy atom. The highest BCUT2D eigenvalue weighted by Gasteiger charge is 2.19. The van der Waals surface area contributed by atoms with Crippen LogP contribution in [0.3, 0.4) is 0 Å². The molecule has 0 radical (unpaired) electrons. The highest BCUT2D eigenvalue weighted by atomic mass is 35.5. The second-order valence-corrected chi connectivity index (χ2v) is 9.38. The Balaban J connectivity index is 1.51. The quantitative estimate of drug-likeness (QED) is 0.174. The number of benzene rings is 4. The average Bonchev–Trinajstić information content (AvgIpc) is 3.40. The van der Waals surface area contributed by atoms with Gasteiger partial charge in [-0.3, -0.25) is 5.43 Å². The molecule has 0 atom stereocenters. The molecular weight excluding hydrogens is 515 g/mol. The van der Waals surface area contributed by atoms with Crippen molar-refractivity contribution >= 4 is 46.3 Å². The molecule has 2 aromatic heterocycles. The minimum Gasteiger partial charge on any atom is -0.258 e. The molecule has 0 saturated carbocycles. The van der Waals surface area contributed by atoms with E-state index in [0.717, 1.165) is 28.1 Å². The molecule has 8 heteroatoms. The van der Waals surface area contributed by atoms with E-state index in [9.17, 15) is 0 Å². The predicted molar refractivity (Wildman–Crippen MR) is 155 cm³/mol. The lowest BCUT2D eigenvalue weighted by Gasteiger charge is -2.12. The summed E-state index contributed by atoms with van der Waals surface area (Å²) in [5, 5.41) is 10.6. The zero-order valence-electron chi connectivity index (χ0n) is 20.0. The third-order valence-electron chi connectivity index (χ3n) is 5.91. The van der Waals surface area contributed by atoms with Crippen LogP contribution >= 0.6 is 23.2 Å². The van der Waals surface area contributed by atoms with Crippen LogP contribution in [0.5, 0.6) is 0 Å². The molecule has 0 bridgehead atoms. The summed E-state index contributed by atoms with van der Waals surface area (Å²) in [6, 6.07) is 35.0. The van der Waals surface area contributed by atoms with Gasteiger partial charge in [0.15, 0.2) is 11.6 Å². The summed E-state index contributed by atoms with van der Waals surface area (Å²) >= 11 is 12.3. The van der Waals surface area contributed by atoms with Crippen LogP contribution < -0.4 is 5.43 Å². The molecule has 0 aliphatic heterocycles. The maximum Gasteiger partial charge on any atom is 0.199 e. The molecule has 1 N–H and O–H groups in total. The summed E-state index contributed by atoms with van der Waals surface area (Å²) in [5.41, 5.74) is 8.97. The third kappa shape index (κ3) is 5.00. The largest absolute Gasteiger partial charge is 0.258 e. The molecule has 6 rings (SSSR count). The number of hydrazone groups is 1. The summed E-state index contributed by atoms with van der Waals surface area (Å²) < 4.78 is 1.80. The Morgan fingerprint density at radius 2 is 1.37 bits per heavy atom. The summed E-state index contributed by atoms with van der Waals surface area (Å²) in [4.78, 5) is 9.76. The summed E-state index contributed by atoms with van der Waals surface area (Å²) in [5.74, 6) is 0.944. The molecule has 0 amide bonds. The number of fused-ring (bicyclic) bond motifs is 1. The molecule has 0 saturated heterocycles. The molecule has 2 heterocycles. The highest BCUT2D eigenvalue weighted by Crippen LogP contribution is 2.31. The number of rotatable bonds is 6. The second-order valence-electron chi connectivity index (χ2n) is 8.51. The minimum absolute atomic E-state index is 0.435. The summed E-state index contributed by atoms with van der Waals surface area (Å²) in [7, 11) is 0. The van der Waals surface area contributed by atoms with Gasteiger partial charge in [-0.2, -0.15) is 10.2 Å². The Bertz CT molecular complexity index is 1750. The first kappa shape index (κ1) is 23.9. The van der Waals surface area contributed by atoms with Crippen molar-refractivity contribution in [3.63, 3.8) is 0 Å². The molecule has 6 nitrogen and oxygen atoms in total. The van der Waals surface area contributed by atoms with Crippen LogP contribution in [0.15, 0.2) is 114 Å². The van der Waals surface area contributed by atoms with Crippen molar-refractivity contribution in [2.24, 2.45) is 5.10 Å². The number of hydrogen-bond donors (Lipinski definition) is 1. The smallest absolute Gasteiger partial charge is 0.199 e. The monoisotopic (exact) mass is 534 g/mol. The van der Waals surface area contributed by atoms with Gasteiger partial charge in [0.2, 0.25) is 0 Å². The zero-order chi connectivity index (χ0) is 25.9. The maximum absolute atomic E-state index is 6.26. The molecule has 0 unspecified atom stereocenters. The van der Waals surface area contributed by atoms with Crippen LogP contribution in [-0.2, 0) is 0 Å². The first-order valence-corrected chi connectivity index (χ1v) is 12.6. The van der Waals surface area contributed by atoms with E-state index < -0.39 is 0 Å². The van der Waals surface area contributed by atoms with Crippen molar-refractivity contribution in [2.75, 3.05) is 5.43 Å². The van der Waals surface area contributed by atoms with Crippen LogP contribution in [0.4, 0.5) is 5.82 Å². The molecule has 0 fully saturated rings. The Hall–Kier alpha value is -4.52. The van der Waals surface area contributed by atoms with E-state index >= 15 is 0 Å². The van der Waals surface area contributed by atoms with Gasteiger partial charge in [-0.25, -0.2) is 14.6 Å². The Morgan fingerprint density at radius 3 is 2.11 bits per heavy atom. The van der Waals surface area contributed by atoms with Gasteiger partial charge in [0, 0.05) is 21.2 Å². The van der Waals surface area contributed by atoms with Crippen molar-refractivity contribution < 1.29 is 0 Å². The van der Waals surface area contributed by atoms with E-state index in [1.54, 1.807) is 23.0 Å². The normalized spacial score (nSPS) is 11.3. The van der Waals surface area contributed by atoms with Crippen molar-refractivity contribution in [3.8, 4) is 28.3 Å². The van der Waals surface area contributed by atoms with Gasteiger partial charge in [0.1, 0.15) is 0 Å². The lowest BCUT2D eigenvalue weighted by molar-refractivity contribution is 0.857. The van der Waals surface area contributed by atoms with E-state index in [2.05, 4.69) is 16.6 Å². The number of hydrogen-bond acceptors (Lipinski definition) is 5. The fourth-order valence-electron chi connectivity index (χ4n) is 4.06. The molecular formula is C30H20Cl2N6. The number of anilines is 1. The van der Waals surface area contributed by atoms with E-state index in [1.165, 1.54) is 0 Å². The lowest BCUT2D eigenvalue weighted by Crippen LogP contribution is -2.08. The minimum atomic E-state index is 0.435. The maximum atomic E-state index is 6.26. The molecule has 4 aromatic carbocycles. The summed E-state index contributed by atoms with van der Waals surface area (Å²) in [6.45, 7) is 0. The van der Waals surface area contributed by atoms with E-state index in [0.29, 0.717) is 32.7 Å². The van der Waals surface area contributed by atoms with Gasteiger partial charge in [-0.15, -0.1) is 0 Å².